The average Bonchev–Trinajstić information content (AvgIpc) is 2.88. The van der Waals surface area contributed by atoms with Crippen molar-refractivity contribution in [1.82, 2.24) is 4.90 Å². The minimum Gasteiger partial charge on any atom is -0.465 e. The van der Waals surface area contributed by atoms with Crippen molar-refractivity contribution in [2.24, 2.45) is 5.92 Å². The van der Waals surface area contributed by atoms with Crippen LogP contribution >= 0.6 is 0 Å². The Balaban J connectivity index is 4.14. The van der Waals surface area contributed by atoms with E-state index < -0.39 is 12.4 Å². The van der Waals surface area contributed by atoms with E-state index in [4.69, 9.17) is 23.7 Å². The fourth-order valence-corrected chi connectivity index (χ4v) is 3.10. The molecule has 0 aromatic heterocycles. The molecular formula is C28H50NO7. The molecule has 0 rings (SSSR count). The molecule has 0 bridgehead atoms. The van der Waals surface area contributed by atoms with Crippen LogP contribution in [-0.4, -0.2) is 76.0 Å². The van der Waals surface area contributed by atoms with Crippen LogP contribution in [0.2, 0.25) is 0 Å². The summed E-state index contributed by atoms with van der Waals surface area (Å²) in [6.07, 6.45) is 12.1. The van der Waals surface area contributed by atoms with E-state index >= 15 is 0 Å². The first-order valence-corrected chi connectivity index (χ1v) is 13.5. The first kappa shape index (κ1) is 34.1. The van der Waals surface area contributed by atoms with Gasteiger partial charge in [0.1, 0.15) is 6.61 Å². The molecule has 0 N–H and O–H groups in total. The number of carbonyl (C=O) groups is 2. The van der Waals surface area contributed by atoms with Crippen molar-refractivity contribution < 1.29 is 33.3 Å². The van der Waals surface area contributed by atoms with E-state index in [9.17, 15) is 9.59 Å². The summed E-state index contributed by atoms with van der Waals surface area (Å²) in [4.78, 5) is 26.1. The van der Waals surface area contributed by atoms with Crippen LogP contribution in [0.4, 0.5) is 4.79 Å². The van der Waals surface area contributed by atoms with Crippen LogP contribution in [0.25, 0.3) is 0 Å². The van der Waals surface area contributed by atoms with Gasteiger partial charge in [0.25, 0.3) is 0 Å². The molecule has 0 saturated heterocycles. The standard InChI is InChI=1S/C28H50NO7/c1-6-10-12-14-20-32-27(33-21-15-13-11-7-2)18-17-26(30)35-23-25(5)24-36-28(31)34-22-16-19-29(8-3)9-4/h10-13,25,27H,5-9,14-24H2,1-4H3/b12-10-,13-11-. The molecule has 8 nitrogen and oxygen atoms in total. The van der Waals surface area contributed by atoms with Crippen LogP contribution < -0.4 is 0 Å². The topological polar surface area (TPSA) is 83.5 Å². The first-order chi connectivity index (χ1) is 17.5. The molecule has 0 aromatic carbocycles. The van der Waals surface area contributed by atoms with Gasteiger partial charge in [0.2, 0.25) is 0 Å². The highest BCUT2D eigenvalue weighted by molar-refractivity contribution is 5.69. The molecule has 1 radical (unpaired) electrons. The minimum absolute atomic E-state index is 0.0214. The van der Waals surface area contributed by atoms with Gasteiger partial charge in [0.15, 0.2) is 6.29 Å². The number of rotatable bonds is 23. The van der Waals surface area contributed by atoms with Gasteiger partial charge >= 0.3 is 12.1 Å². The normalized spacial score (nSPS) is 12.6. The Hall–Kier alpha value is -1.90. The average molecular weight is 513 g/mol. The van der Waals surface area contributed by atoms with E-state index in [0.717, 1.165) is 51.7 Å². The lowest BCUT2D eigenvalue weighted by molar-refractivity contribution is -0.158. The van der Waals surface area contributed by atoms with Gasteiger partial charge in [-0.3, -0.25) is 4.79 Å². The monoisotopic (exact) mass is 512 g/mol. The molecule has 0 heterocycles. The molecule has 0 spiro atoms. The Bertz CT molecular complexity index is 570. The fourth-order valence-electron chi connectivity index (χ4n) is 3.10. The summed E-state index contributed by atoms with van der Waals surface area (Å²) in [5.74, 6) is -0.743. The maximum atomic E-state index is 12.2. The Morgan fingerprint density at radius 3 is 1.94 bits per heavy atom. The summed E-state index contributed by atoms with van der Waals surface area (Å²) in [5.41, 5.74) is 0. The van der Waals surface area contributed by atoms with Crippen molar-refractivity contribution in [3.8, 4) is 0 Å². The zero-order valence-electron chi connectivity index (χ0n) is 23.1. The van der Waals surface area contributed by atoms with Gasteiger partial charge in [-0.2, -0.15) is 0 Å². The summed E-state index contributed by atoms with van der Waals surface area (Å²) in [6.45, 7) is 16.5. The fraction of sp³-hybridized carbons (Fsp3) is 0.750. The quantitative estimate of drug-likeness (QED) is 0.0744. The van der Waals surface area contributed by atoms with Gasteiger partial charge in [-0.25, -0.2) is 4.79 Å². The maximum absolute atomic E-state index is 12.2. The van der Waals surface area contributed by atoms with Crippen LogP contribution in [0.5, 0.6) is 0 Å². The molecule has 209 valence electrons. The van der Waals surface area contributed by atoms with Crippen molar-refractivity contribution >= 4 is 12.1 Å². The molecule has 1 unspecified atom stereocenters. The second kappa shape index (κ2) is 24.8. The zero-order chi connectivity index (χ0) is 26.9. The number of esters is 1. The summed E-state index contributed by atoms with van der Waals surface area (Å²) in [6, 6.07) is 0. The van der Waals surface area contributed by atoms with E-state index in [1.54, 1.807) is 0 Å². The Kier molecular flexibility index (Phi) is 23.5. The summed E-state index contributed by atoms with van der Waals surface area (Å²) < 4.78 is 27.0. The highest BCUT2D eigenvalue weighted by atomic mass is 16.7. The molecule has 0 fully saturated rings. The Labute approximate surface area is 219 Å². The van der Waals surface area contributed by atoms with E-state index in [1.807, 2.05) is 0 Å². The highest BCUT2D eigenvalue weighted by Crippen LogP contribution is 2.09. The lowest BCUT2D eigenvalue weighted by Crippen LogP contribution is -2.25. The van der Waals surface area contributed by atoms with Crippen LogP contribution in [0.15, 0.2) is 24.3 Å². The van der Waals surface area contributed by atoms with Crippen molar-refractivity contribution in [3.05, 3.63) is 31.2 Å². The van der Waals surface area contributed by atoms with Crippen LogP contribution in [0.1, 0.15) is 72.6 Å². The van der Waals surface area contributed by atoms with Gasteiger partial charge in [-0.05, 0) is 52.1 Å². The second-order valence-corrected chi connectivity index (χ2v) is 8.39. The van der Waals surface area contributed by atoms with Gasteiger partial charge in [0.05, 0.1) is 32.8 Å². The molecule has 0 aliphatic heterocycles. The molecule has 1 atom stereocenters. The first-order valence-electron chi connectivity index (χ1n) is 13.5. The molecule has 0 saturated carbocycles. The third-order valence-corrected chi connectivity index (χ3v) is 5.22. The van der Waals surface area contributed by atoms with Crippen LogP contribution in [0.3, 0.4) is 0 Å². The van der Waals surface area contributed by atoms with Crippen molar-refractivity contribution in [2.45, 2.75) is 78.9 Å². The zero-order valence-corrected chi connectivity index (χ0v) is 23.1. The predicted octanol–water partition coefficient (Wildman–Crippen LogP) is 5.72. The van der Waals surface area contributed by atoms with Crippen molar-refractivity contribution in [3.63, 3.8) is 0 Å². The molecular weight excluding hydrogens is 462 g/mol. The van der Waals surface area contributed by atoms with Gasteiger partial charge in [0, 0.05) is 18.9 Å². The van der Waals surface area contributed by atoms with Gasteiger partial charge in [-0.1, -0.05) is 52.0 Å². The predicted molar refractivity (Wildman–Crippen MR) is 143 cm³/mol. The molecule has 0 aromatic rings. The Morgan fingerprint density at radius 1 is 0.806 bits per heavy atom. The molecule has 0 amide bonds. The smallest absolute Gasteiger partial charge is 0.465 e. The summed E-state index contributed by atoms with van der Waals surface area (Å²) in [5, 5.41) is 0. The number of allylic oxidation sites excluding steroid dienone is 2. The highest BCUT2D eigenvalue weighted by Gasteiger charge is 2.15. The van der Waals surface area contributed by atoms with Crippen molar-refractivity contribution in [2.75, 3.05) is 52.7 Å². The van der Waals surface area contributed by atoms with E-state index in [2.05, 4.69) is 63.8 Å². The lowest BCUT2D eigenvalue weighted by atomic mass is 10.2. The largest absolute Gasteiger partial charge is 0.508 e. The van der Waals surface area contributed by atoms with Gasteiger partial charge < -0.3 is 28.6 Å². The van der Waals surface area contributed by atoms with E-state index in [-0.39, 0.29) is 31.5 Å². The SMILES string of the molecule is [CH2]C(COC(=O)CCC(OCC/C=C\CC)OCC/C=C\CC)COC(=O)OCCCN(CC)CC. The van der Waals surface area contributed by atoms with Crippen molar-refractivity contribution in [1.29, 1.82) is 0 Å². The number of hydrogen-bond donors (Lipinski definition) is 0. The molecule has 0 aliphatic rings. The second-order valence-electron chi connectivity index (χ2n) is 8.39. The number of nitrogens with zero attached hydrogens (tertiary/aromatic N) is 1. The van der Waals surface area contributed by atoms with Crippen LogP contribution in [-0.2, 0) is 28.5 Å². The lowest BCUT2D eigenvalue weighted by Gasteiger charge is -2.18. The maximum Gasteiger partial charge on any atom is 0.508 e. The number of carbonyl (C=O) groups excluding carboxylic acids is 2. The third kappa shape index (κ3) is 21.4. The minimum atomic E-state index is -0.728. The van der Waals surface area contributed by atoms with Gasteiger partial charge in [-0.15, -0.1) is 0 Å². The van der Waals surface area contributed by atoms with E-state index in [0.29, 0.717) is 26.2 Å². The number of ether oxygens (including phenoxy) is 5. The molecule has 8 heteroatoms. The molecule has 0 aliphatic carbocycles. The summed E-state index contributed by atoms with van der Waals surface area (Å²) >= 11 is 0. The number of hydrogen-bond acceptors (Lipinski definition) is 8. The van der Waals surface area contributed by atoms with Crippen LogP contribution in [0, 0.1) is 12.8 Å². The summed E-state index contributed by atoms with van der Waals surface area (Å²) in [7, 11) is 0. The Morgan fingerprint density at radius 2 is 1.39 bits per heavy atom. The molecule has 36 heavy (non-hydrogen) atoms. The van der Waals surface area contributed by atoms with E-state index in [1.165, 1.54) is 0 Å². The third-order valence-electron chi connectivity index (χ3n) is 5.22.